The topological polar surface area (TPSA) is 25.8 Å². The zero-order valence-electron chi connectivity index (χ0n) is 15.1. The number of aromatic nitrogens is 2. The first kappa shape index (κ1) is 15.3. The van der Waals surface area contributed by atoms with Crippen LogP contribution >= 0.6 is 0 Å². The highest BCUT2D eigenvalue weighted by Gasteiger charge is 2.18. The van der Waals surface area contributed by atoms with Gasteiger partial charge < -0.3 is 0 Å². The lowest BCUT2D eigenvalue weighted by Crippen LogP contribution is -1.97. The average Bonchev–Trinajstić information content (AvgIpc) is 3.27. The van der Waals surface area contributed by atoms with Gasteiger partial charge in [-0.2, -0.15) is 0 Å². The fraction of sp³-hybridized carbons (Fsp3) is 0.167. The minimum atomic E-state index is 0.955. The molecule has 0 unspecified atom stereocenters. The van der Waals surface area contributed by atoms with Crippen molar-refractivity contribution < 1.29 is 0 Å². The van der Waals surface area contributed by atoms with Crippen LogP contribution in [0.1, 0.15) is 37.8 Å². The standard InChI is InChI=1S/C24H20N2/c1-15-7-9-17(13-15)19-11-12-20(18-10-8-16(2)14-18)24-23(19)25-21-5-3-4-6-22(21)26-24/h3-12H,13-14H2,1-2H3. The molecule has 0 saturated heterocycles. The van der Waals surface area contributed by atoms with Crippen molar-refractivity contribution in [2.24, 2.45) is 0 Å². The van der Waals surface area contributed by atoms with E-state index in [1.54, 1.807) is 0 Å². The third kappa shape index (κ3) is 2.41. The van der Waals surface area contributed by atoms with E-state index < -0.39 is 0 Å². The number of allylic oxidation sites excluding steroid dienone is 8. The molecule has 0 bridgehead atoms. The largest absolute Gasteiger partial charge is 0.244 e. The molecule has 0 aliphatic heterocycles. The van der Waals surface area contributed by atoms with Gasteiger partial charge in [0, 0.05) is 11.1 Å². The van der Waals surface area contributed by atoms with Gasteiger partial charge in [-0.05, 0) is 50.0 Å². The first-order valence-electron chi connectivity index (χ1n) is 9.12. The molecule has 0 amide bonds. The van der Waals surface area contributed by atoms with Crippen LogP contribution in [0, 0.1) is 0 Å². The third-order valence-electron chi connectivity index (χ3n) is 5.27. The normalized spacial score (nSPS) is 16.7. The van der Waals surface area contributed by atoms with Crippen LogP contribution in [0.3, 0.4) is 0 Å². The first-order valence-corrected chi connectivity index (χ1v) is 9.12. The van der Waals surface area contributed by atoms with Crippen molar-refractivity contribution in [1.82, 2.24) is 9.97 Å². The van der Waals surface area contributed by atoms with Crippen molar-refractivity contribution in [1.29, 1.82) is 0 Å². The lowest BCUT2D eigenvalue weighted by atomic mass is 9.95. The highest BCUT2D eigenvalue weighted by molar-refractivity contribution is 6.00. The van der Waals surface area contributed by atoms with Crippen molar-refractivity contribution >= 4 is 33.2 Å². The number of fused-ring (bicyclic) bond motifs is 2. The van der Waals surface area contributed by atoms with Crippen LogP contribution in [0.15, 0.2) is 71.8 Å². The molecule has 2 aromatic carbocycles. The molecule has 0 spiro atoms. The van der Waals surface area contributed by atoms with E-state index in [4.69, 9.17) is 9.97 Å². The SMILES string of the molecule is CC1=CC=C(c2ccc(C3=CC=C(C)C3)c3nc4ccccc4nc23)C1. The minimum Gasteiger partial charge on any atom is -0.244 e. The number of benzene rings is 2. The molecule has 26 heavy (non-hydrogen) atoms. The maximum Gasteiger partial charge on any atom is 0.0976 e. The Morgan fingerprint density at radius 3 is 1.46 bits per heavy atom. The summed E-state index contributed by atoms with van der Waals surface area (Å²) in [6.45, 7) is 4.36. The van der Waals surface area contributed by atoms with E-state index in [0.717, 1.165) is 34.9 Å². The molecule has 0 N–H and O–H groups in total. The Hall–Kier alpha value is -3.00. The van der Waals surface area contributed by atoms with E-state index >= 15 is 0 Å². The highest BCUT2D eigenvalue weighted by Crippen LogP contribution is 2.37. The van der Waals surface area contributed by atoms with E-state index in [-0.39, 0.29) is 0 Å². The van der Waals surface area contributed by atoms with E-state index in [1.165, 1.54) is 33.4 Å². The van der Waals surface area contributed by atoms with Crippen molar-refractivity contribution in [2.75, 3.05) is 0 Å². The molecular weight excluding hydrogens is 316 g/mol. The zero-order valence-corrected chi connectivity index (χ0v) is 15.1. The van der Waals surface area contributed by atoms with Crippen molar-refractivity contribution in [3.05, 3.63) is 83.0 Å². The molecular formula is C24H20N2. The van der Waals surface area contributed by atoms with Gasteiger partial charge in [0.1, 0.15) is 0 Å². The lowest BCUT2D eigenvalue weighted by molar-refractivity contribution is 1.25. The van der Waals surface area contributed by atoms with Gasteiger partial charge in [0.05, 0.1) is 22.1 Å². The second-order valence-electron chi connectivity index (χ2n) is 7.33. The van der Waals surface area contributed by atoms with Gasteiger partial charge in [-0.15, -0.1) is 0 Å². The van der Waals surface area contributed by atoms with E-state index in [2.05, 4.69) is 50.3 Å². The summed E-state index contributed by atoms with van der Waals surface area (Å²) in [6.07, 6.45) is 10.8. The summed E-state index contributed by atoms with van der Waals surface area (Å²) in [4.78, 5) is 10.1. The van der Waals surface area contributed by atoms with Crippen molar-refractivity contribution in [3.8, 4) is 0 Å². The van der Waals surface area contributed by atoms with Crippen LogP contribution in [0.5, 0.6) is 0 Å². The molecule has 0 atom stereocenters. The third-order valence-corrected chi connectivity index (χ3v) is 5.27. The number of hydrogen-bond acceptors (Lipinski definition) is 2. The van der Waals surface area contributed by atoms with Gasteiger partial charge in [-0.1, -0.05) is 59.7 Å². The predicted molar refractivity (Wildman–Crippen MR) is 110 cm³/mol. The summed E-state index contributed by atoms with van der Waals surface area (Å²) in [6, 6.07) is 12.6. The van der Waals surface area contributed by atoms with Gasteiger partial charge in [-0.25, -0.2) is 9.97 Å². The van der Waals surface area contributed by atoms with Crippen LogP contribution in [0.4, 0.5) is 0 Å². The van der Waals surface area contributed by atoms with E-state index in [9.17, 15) is 0 Å². The van der Waals surface area contributed by atoms with Gasteiger partial charge in [0.25, 0.3) is 0 Å². The second-order valence-corrected chi connectivity index (χ2v) is 7.33. The smallest absolute Gasteiger partial charge is 0.0976 e. The summed E-state index contributed by atoms with van der Waals surface area (Å²) in [5, 5.41) is 0. The highest BCUT2D eigenvalue weighted by atomic mass is 14.8. The molecule has 2 nitrogen and oxygen atoms in total. The van der Waals surface area contributed by atoms with Gasteiger partial charge in [-0.3, -0.25) is 0 Å². The fourth-order valence-electron chi connectivity index (χ4n) is 3.91. The maximum absolute atomic E-state index is 5.03. The van der Waals surface area contributed by atoms with Crippen molar-refractivity contribution in [2.45, 2.75) is 26.7 Å². The predicted octanol–water partition coefficient (Wildman–Crippen LogP) is 6.25. The number of para-hydroxylation sites is 2. The van der Waals surface area contributed by atoms with Crippen LogP contribution < -0.4 is 0 Å². The van der Waals surface area contributed by atoms with Gasteiger partial charge in [0.15, 0.2) is 0 Å². The molecule has 126 valence electrons. The Kier molecular flexibility index (Phi) is 3.39. The Morgan fingerprint density at radius 1 is 0.615 bits per heavy atom. The van der Waals surface area contributed by atoms with E-state index in [1.807, 2.05) is 24.3 Å². The Morgan fingerprint density at radius 2 is 1.08 bits per heavy atom. The molecule has 0 radical (unpaired) electrons. The number of hydrogen-bond donors (Lipinski definition) is 0. The van der Waals surface area contributed by atoms with Crippen molar-refractivity contribution in [3.63, 3.8) is 0 Å². The zero-order chi connectivity index (χ0) is 17.7. The summed E-state index contributed by atoms with van der Waals surface area (Å²) < 4.78 is 0. The van der Waals surface area contributed by atoms with Crippen LogP contribution in [-0.4, -0.2) is 9.97 Å². The molecule has 1 aromatic heterocycles. The van der Waals surface area contributed by atoms with Crippen LogP contribution in [0.2, 0.25) is 0 Å². The molecule has 3 aromatic rings. The summed E-state index contributed by atoms with van der Waals surface area (Å²) >= 11 is 0. The molecule has 2 aliphatic carbocycles. The van der Waals surface area contributed by atoms with E-state index in [0.29, 0.717) is 0 Å². The molecule has 5 rings (SSSR count). The van der Waals surface area contributed by atoms with Crippen LogP contribution in [0.25, 0.3) is 33.2 Å². The van der Waals surface area contributed by atoms with Gasteiger partial charge >= 0.3 is 0 Å². The Bertz CT molecular complexity index is 1100. The molecule has 2 heteroatoms. The lowest BCUT2D eigenvalue weighted by Gasteiger charge is -2.13. The average molecular weight is 336 g/mol. The minimum absolute atomic E-state index is 0.955. The molecule has 0 saturated carbocycles. The first-order chi connectivity index (χ1) is 12.7. The summed E-state index contributed by atoms with van der Waals surface area (Å²) in [5.41, 5.74) is 11.8. The fourth-order valence-corrected chi connectivity index (χ4v) is 3.91. The summed E-state index contributed by atoms with van der Waals surface area (Å²) in [7, 11) is 0. The number of rotatable bonds is 2. The monoisotopic (exact) mass is 336 g/mol. The molecule has 2 aliphatic rings. The quantitative estimate of drug-likeness (QED) is 0.517. The molecule has 1 heterocycles. The van der Waals surface area contributed by atoms with Crippen LogP contribution in [-0.2, 0) is 0 Å². The maximum atomic E-state index is 5.03. The Balaban J connectivity index is 1.79. The Labute approximate surface area is 153 Å². The van der Waals surface area contributed by atoms with Gasteiger partial charge in [0.2, 0.25) is 0 Å². The number of nitrogens with zero attached hydrogens (tertiary/aromatic N) is 2. The summed E-state index contributed by atoms with van der Waals surface area (Å²) in [5.74, 6) is 0. The molecule has 0 fully saturated rings. The second kappa shape index (κ2) is 5.77.